The van der Waals surface area contributed by atoms with Crippen LogP contribution in [0.5, 0.6) is 0 Å². The minimum absolute atomic E-state index is 0.673. The van der Waals surface area contributed by atoms with E-state index < -0.39 is 9.28 Å². The van der Waals surface area contributed by atoms with Gasteiger partial charge in [-0.1, -0.05) is 32.1 Å². The van der Waals surface area contributed by atoms with E-state index in [2.05, 4.69) is 0 Å². The normalized spacial score (nSPS) is 16.9. The van der Waals surface area contributed by atoms with E-state index in [1.165, 1.54) is 32.1 Å². The molecule has 0 spiro atoms. The van der Waals surface area contributed by atoms with Crippen LogP contribution in [0.25, 0.3) is 0 Å². The van der Waals surface area contributed by atoms with Gasteiger partial charge in [0, 0.05) is 13.2 Å². The van der Waals surface area contributed by atoms with Crippen molar-refractivity contribution < 1.29 is 18.3 Å². The molecule has 1 aliphatic carbocycles. The fourth-order valence-corrected chi connectivity index (χ4v) is 4.75. The van der Waals surface area contributed by atoms with Crippen molar-refractivity contribution in [2.75, 3.05) is 39.6 Å². The summed E-state index contributed by atoms with van der Waals surface area (Å²) in [5.41, 5.74) is 0. The zero-order valence-electron chi connectivity index (χ0n) is 13.3. The molecule has 0 heterocycles. The van der Waals surface area contributed by atoms with Gasteiger partial charge in [-0.15, -0.1) is 0 Å². The summed E-state index contributed by atoms with van der Waals surface area (Å²) in [4.78, 5) is 0. The third kappa shape index (κ3) is 9.08. The highest BCUT2D eigenvalue weighted by molar-refractivity contribution is 6.44. The first-order valence-electron chi connectivity index (χ1n) is 8.25. The van der Waals surface area contributed by atoms with Crippen LogP contribution < -0.4 is 0 Å². The molecular weight excluding hydrogens is 272 g/mol. The van der Waals surface area contributed by atoms with Crippen LogP contribution in [0.15, 0.2) is 0 Å². The Morgan fingerprint density at radius 1 is 0.800 bits per heavy atom. The van der Waals surface area contributed by atoms with Gasteiger partial charge in [0.2, 0.25) is 0 Å². The molecule has 0 unspecified atom stereocenters. The highest BCUT2D eigenvalue weighted by atomic mass is 28.3. The van der Waals surface area contributed by atoms with E-state index in [0.717, 1.165) is 25.2 Å². The van der Waals surface area contributed by atoms with Crippen molar-refractivity contribution in [3.63, 3.8) is 0 Å². The average molecular weight is 305 g/mol. The zero-order chi connectivity index (χ0) is 14.5. The second kappa shape index (κ2) is 12.8. The highest BCUT2D eigenvalue weighted by Gasteiger charge is 2.22. The lowest BCUT2D eigenvalue weighted by Gasteiger charge is -2.25. The third-order valence-electron chi connectivity index (χ3n) is 3.72. The molecule has 0 bridgehead atoms. The van der Waals surface area contributed by atoms with Crippen molar-refractivity contribution in [1.82, 2.24) is 0 Å². The monoisotopic (exact) mass is 304 g/mol. The molecule has 120 valence electrons. The Labute approximate surface area is 126 Å². The number of hydrogen-bond donors (Lipinski definition) is 0. The Morgan fingerprint density at radius 2 is 1.35 bits per heavy atom. The van der Waals surface area contributed by atoms with Crippen LogP contribution in [0, 0.1) is 5.92 Å². The summed E-state index contributed by atoms with van der Waals surface area (Å²) in [6.45, 7) is 8.23. The number of rotatable bonds is 12. The maximum Gasteiger partial charge on any atom is 0.321 e. The van der Waals surface area contributed by atoms with Crippen LogP contribution in [-0.4, -0.2) is 48.9 Å². The summed E-state index contributed by atoms with van der Waals surface area (Å²) in [5.74, 6) is 0.819. The van der Waals surface area contributed by atoms with Gasteiger partial charge in [0.05, 0.1) is 26.4 Å². The topological polar surface area (TPSA) is 36.9 Å². The Morgan fingerprint density at radius 3 is 1.85 bits per heavy atom. The number of ether oxygens (including phenoxy) is 2. The summed E-state index contributed by atoms with van der Waals surface area (Å²) >= 11 is 0. The second-order valence-electron chi connectivity index (χ2n) is 5.30. The van der Waals surface area contributed by atoms with E-state index in [0.29, 0.717) is 26.4 Å². The van der Waals surface area contributed by atoms with Gasteiger partial charge in [-0.25, -0.2) is 0 Å². The summed E-state index contributed by atoms with van der Waals surface area (Å²) in [6.07, 6.45) is 6.87. The van der Waals surface area contributed by atoms with Gasteiger partial charge >= 0.3 is 9.28 Å². The molecule has 1 aliphatic rings. The first-order chi connectivity index (χ1) is 9.86. The minimum Gasteiger partial charge on any atom is -0.394 e. The smallest absolute Gasteiger partial charge is 0.321 e. The molecule has 0 atom stereocenters. The molecule has 1 rings (SSSR count). The van der Waals surface area contributed by atoms with Gasteiger partial charge in [0.15, 0.2) is 0 Å². The SMILES string of the molecule is CCOCCO[SiH](CC1CCCCC1)OCCOCC. The van der Waals surface area contributed by atoms with Crippen LogP contribution in [-0.2, 0) is 18.3 Å². The summed E-state index contributed by atoms with van der Waals surface area (Å²) < 4.78 is 22.6. The van der Waals surface area contributed by atoms with Crippen LogP contribution in [0.3, 0.4) is 0 Å². The van der Waals surface area contributed by atoms with Gasteiger partial charge in [-0.05, 0) is 25.8 Å². The van der Waals surface area contributed by atoms with Gasteiger partial charge < -0.3 is 18.3 Å². The Bertz CT molecular complexity index is 198. The lowest BCUT2D eigenvalue weighted by Crippen LogP contribution is -2.29. The van der Waals surface area contributed by atoms with Crippen LogP contribution in [0.1, 0.15) is 46.0 Å². The Balaban J connectivity index is 2.21. The second-order valence-corrected chi connectivity index (χ2v) is 7.30. The van der Waals surface area contributed by atoms with Gasteiger partial charge in [0.1, 0.15) is 0 Å². The maximum atomic E-state index is 5.96. The molecule has 0 aromatic heterocycles. The standard InChI is InChI=1S/C15H32O4Si/c1-3-16-10-12-18-20(19-13-11-17-4-2)14-15-8-6-5-7-9-15/h15,20H,3-14H2,1-2H3. The summed E-state index contributed by atoms with van der Waals surface area (Å²) in [7, 11) is -1.55. The molecule has 0 radical (unpaired) electrons. The van der Waals surface area contributed by atoms with E-state index >= 15 is 0 Å². The lowest BCUT2D eigenvalue weighted by molar-refractivity contribution is 0.0733. The molecule has 0 N–H and O–H groups in total. The van der Waals surface area contributed by atoms with Gasteiger partial charge in [0.25, 0.3) is 0 Å². The Hall–Kier alpha value is 0.0569. The zero-order valence-corrected chi connectivity index (χ0v) is 14.4. The average Bonchev–Trinajstić information content (AvgIpc) is 2.49. The quantitative estimate of drug-likeness (QED) is 0.410. The van der Waals surface area contributed by atoms with Gasteiger partial charge in [-0.3, -0.25) is 0 Å². The maximum absolute atomic E-state index is 5.96. The van der Waals surface area contributed by atoms with Gasteiger partial charge in [-0.2, -0.15) is 0 Å². The van der Waals surface area contributed by atoms with Crippen molar-refractivity contribution in [2.24, 2.45) is 5.92 Å². The summed E-state index contributed by atoms with van der Waals surface area (Å²) in [5, 5.41) is 0. The van der Waals surface area contributed by atoms with Crippen LogP contribution in [0.4, 0.5) is 0 Å². The predicted molar refractivity (Wildman–Crippen MR) is 83.4 cm³/mol. The molecular formula is C15H32O4Si. The Kier molecular flexibility index (Phi) is 11.6. The molecule has 0 saturated heterocycles. The molecule has 1 fully saturated rings. The van der Waals surface area contributed by atoms with Crippen molar-refractivity contribution in [3.8, 4) is 0 Å². The van der Waals surface area contributed by atoms with Crippen molar-refractivity contribution >= 4 is 9.28 Å². The van der Waals surface area contributed by atoms with E-state index in [9.17, 15) is 0 Å². The molecule has 20 heavy (non-hydrogen) atoms. The molecule has 1 saturated carbocycles. The fraction of sp³-hybridized carbons (Fsp3) is 1.00. The fourth-order valence-electron chi connectivity index (χ4n) is 2.64. The lowest BCUT2D eigenvalue weighted by atomic mass is 9.91. The summed E-state index contributed by atoms with van der Waals surface area (Å²) in [6, 6.07) is 1.15. The highest BCUT2D eigenvalue weighted by Crippen LogP contribution is 2.28. The molecule has 5 heteroatoms. The number of hydrogen-bond acceptors (Lipinski definition) is 4. The minimum atomic E-state index is -1.55. The third-order valence-corrected chi connectivity index (χ3v) is 5.99. The molecule has 0 aromatic carbocycles. The van der Waals surface area contributed by atoms with E-state index in [-0.39, 0.29) is 0 Å². The van der Waals surface area contributed by atoms with Crippen molar-refractivity contribution in [2.45, 2.75) is 52.0 Å². The molecule has 0 amide bonds. The largest absolute Gasteiger partial charge is 0.394 e. The van der Waals surface area contributed by atoms with Crippen molar-refractivity contribution in [1.29, 1.82) is 0 Å². The molecule has 4 nitrogen and oxygen atoms in total. The molecule has 0 aromatic rings. The van der Waals surface area contributed by atoms with E-state index in [1.807, 2.05) is 13.8 Å². The van der Waals surface area contributed by atoms with E-state index in [1.54, 1.807) is 0 Å². The van der Waals surface area contributed by atoms with E-state index in [4.69, 9.17) is 18.3 Å². The first-order valence-corrected chi connectivity index (χ1v) is 10.0. The van der Waals surface area contributed by atoms with Crippen molar-refractivity contribution in [3.05, 3.63) is 0 Å². The van der Waals surface area contributed by atoms with Crippen LogP contribution >= 0.6 is 0 Å². The molecule has 0 aliphatic heterocycles. The first kappa shape index (κ1) is 18.1. The predicted octanol–water partition coefficient (Wildman–Crippen LogP) is 2.89. The van der Waals surface area contributed by atoms with Crippen LogP contribution in [0.2, 0.25) is 6.04 Å².